The van der Waals surface area contributed by atoms with Crippen molar-refractivity contribution in [2.45, 2.75) is 39.0 Å². The summed E-state index contributed by atoms with van der Waals surface area (Å²) in [4.78, 5) is 40.6. The molecule has 8 nitrogen and oxygen atoms in total. The molecule has 2 amide bonds. The van der Waals surface area contributed by atoms with Crippen molar-refractivity contribution in [3.05, 3.63) is 69.8 Å². The Kier molecular flexibility index (Phi) is 7.80. The van der Waals surface area contributed by atoms with Crippen molar-refractivity contribution < 1.29 is 14.5 Å². The number of carbonyl (C=O) groups excluding carboxylic acids is 2. The number of hydrogen-bond donors (Lipinski definition) is 1. The number of nitrogens with one attached hydrogen (secondary N) is 1. The van der Waals surface area contributed by atoms with E-state index in [0.29, 0.717) is 22.7 Å². The number of amides is 2. The van der Waals surface area contributed by atoms with Crippen molar-refractivity contribution in [2.24, 2.45) is 5.92 Å². The highest BCUT2D eigenvalue weighted by Crippen LogP contribution is 2.30. The predicted octanol–water partition coefficient (Wildman–Crippen LogP) is 5.11. The number of anilines is 2. The van der Waals surface area contributed by atoms with Crippen LogP contribution in [0.5, 0.6) is 0 Å². The van der Waals surface area contributed by atoms with Crippen LogP contribution in [0.25, 0.3) is 6.08 Å². The van der Waals surface area contributed by atoms with E-state index in [9.17, 15) is 19.7 Å². The van der Waals surface area contributed by atoms with Crippen LogP contribution in [0.2, 0.25) is 0 Å². The molecule has 0 bridgehead atoms. The van der Waals surface area contributed by atoms with Crippen LogP contribution in [-0.2, 0) is 4.79 Å². The van der Waals surface area contributed by atoms with Gasteiger partial charge in [-0.1, -0.05) is 6.92 Å². The predicted molar refractivity (Wildman–Crippen MR) is 138 cm³/mol. The second-order valence-corrected chi connectivity index (χ2v) is 9.43. The van der Waals surface area contributed by atoms with E-state index in [2.05, 4.69) is 17.1 Å². The van der Waals surface area contributed by atoms with Crippen LogP contribution in [0.3, 0.4) is 0 Å². The third kappa shape index (κ3) is 6.26. The maximum Gasteiger partial charge on any atom is 0.269 e. The number of hydrogen-bond acceptors (Lipinski definition) is 5. The quantitative estimate of drug-likeness (QED) is 0.355. The zero-order valence-electron chi connectivity index (χ0n) is 20.1. The number of carbonyl (C=O) groups is 2. The number of nitro groups is 1. The monoisotopic (exact) mass is 476 g/mol. The van der Waals surface area contributed by atoms with Gasteiger partial charge in [-0.25, -0.2) is 0 Å². The maximum absolute atomic E-state index is 13.5. The van der Waals surface area contributed by atoms with E-state index in [1.807, 2.05) is 17.0 Å². The van der Waals surface area contributed by atoms with E-state index in [0.717, 1.165) is 57.5 Å². The molecular formula is C27H32N4O4. The van der Waals surface area contributed by atoms with Gasteiger partial charge in [0, 0.05) is 55.8 Å². The first-order valence-electron chi connectivity index (χ1n) is 12.3. The Bertz CT molecular complexity index is 1100. The SMILES string of the molecule is CC1CCN(C(=O)c2cc(NC(=O)/C=C/c3ccc([N+](=O)[O-])cc3)ccc2N2CCCCC2)CC1. The Morgan fingerprint density at radius 3 is 2.34 bits per heavy atom. The molecule has 2 heterocycles. The molecule has 0 spiro atoms. The third-order valence-corrected chi connectivity index (χ3v) is 6.79. The Hall–Kier alpha value is -3.68. The van der Waals surface area contributed by atoms with E-state index in [1.165, 1.54) is 24.6 Å². The standard InChI is InChI=1S/C27H32N4O4/c1-20-13-17-30(18-14-20)27(33)24-19-22(8-11-25(24)29-15-3-2-4-16-29)28-26(32)12-7-21-5-9-23(10-6-21)31(34)35/h5-12,19-20H,2-4,13-18H2,1H3,(H,28,32)/b12-7+. The molecule has 184 valence electrons. The van der Waals surface area contributed by atoms with Crippen LogP contribution in [-0.4, -0.2) is 47.8 Å². The number of nitrogens with zero attached hydrogens (tertiary/aromatic N) is 3. The Morgan fingerprint density at radius 2 is 1.69 bits per heavy atom. The molecule has 8 heteroatoms. The highest BCUT2D eigenvalue weighted by Gasteiger charge is 2.26. The number of likely N-dealkylation sites (tertiary alicyclic amines) is 1. The third-order valence-electron chi connectivity index (χ3n) is 6.79. The molecule has 0 aromatic heterocycles. The van der Waals surface area contributed by atoms with Gasteiger partial charge in [0.25, 0.3) is 11.6 Å². The summed E-state index contributed by atoms with van der Waals surface area (Å²) >= 11 is 0. The van der Waals surface area contributed by atoms with Gasteiger partial charge in [-0.3, -0.25) is 19.7 Å². The molecule has 2 aliphatic heterocycles. The van der Waals surface area contributed by atoms with Gasteiger partial charge >= 0.3 is 0 Å². The molecular weight excluding hydrogens is 444 g/mol. The molecule has 2 aromatic carbocycles. The lowest BCUT2D eigenvalue weighted by molar-refractivity contribution is -0.384. The second kappa shape index (κ2) is 11.2. The maximum atomic E-state index is 13.5. The lowest BCUT2D eigenvalue weighted by Crippen LogP contribution is -2.39. The normalized spacial score (nSPS) is 16.9. The Labute approximate surface area is 205 Å². The van der Waals surface area contributed by atoms with E-state index in [4.69, 9.17) is 0 Å². The molecule has 2 aliphatic rings. The minimum absolute atomic E-state index is 0.000700. The minimum Gasteiger partial charge on any atom is -0.371 e. The number of piperidine rings is 2. The van der Waals surface area contributed by atoms with Crippen LogP contribution in [0.15, 0.2) is 48.5 Å². The van der Waals surface area contributed by atoms with Gasteiger partial charge in [0.05, 0.1) is 10.5 Å². The van der Waals surface area contributed by atoms with Crippen molar-refractivity contribution in [3.8, 4) is 0 Å². The van der Waals surface area contributed by atoms with Gasteiger partial charge in [-0.15, -0.1) is 0 Å². The molecule has 0 saturated carbocycles. The average Bonchev–Trinajstić information content (AvgIpc) is 2.88. The van der Waals surface area contributed by atoms with Crippen LogP contribution in [0, 0.1) is 16.0 Å². The molecule has 35 heavy (non-hydrogen) atoms. The van der Waals surface area contributed by atoms with Gasteiger partial charge in [0.1, 0.15) is 0 Å². The summed E-state index contributed by atoms with van der Waals surface area (Å²) in [6.45, 7) is 5.60. The second-order valence-electron chi connectivity index (χ2n) is 9.43. The molecule has 2 fully saturated rings. The van der Waals surface area contributed by atoms with Gasteiger partial charge < -0.3 is 15.1 Å². The fourth-order valence-electron chi connectivity index (χ4n) is 4.64. The summed E-state index contributed by atoms with van der Waals surface area (Å²) < 4.78 is 0. The van der Waals surface area contributed by atoms with Gasteiger partial charge in [-0.05, 0) is 80.0 Å². The number of non-ortho nitro benzene ring substituents is 1. The van der Waals surface area contributed by atoms with E-state index in [-0.39, 0.29) is 17.5 Å². The topological polar surface area (TPSA) is 95.8 Å². The molecule has 1 N–H and O–H groups in total. The molecule has 0 aliphatic carbocycles. The summed E-state index contributed by atoms with van der Waals surface area (Å²) in [6.07, 6.45) is 8.43. The first-order chi connectivity index (χ1) is 16.9. The van der Waals surface area contributed by atoms with Crippen molar-refractivity contribution in [1.29, 1.82) is 0 Å². The van der Waals surface area contributed by atoms with E-state index in [1.54, 1.807) is 24.3 Å². The molecule has 0 atom stereocenters. The number of benzene rings is 2. The van der Waals surface area contributed by atoms with Crippen molar-refractivity contribution in [1.82, 2.24) is 4.90 Å². The highest BCUT2D eigenvalue weighted by atomic mass is 16.6. The summed E-state index contributed by atoms with van der Waals surface area (Å²) in [5.74, 6) is 0.322. The molecule has 4 rings (SSSR count). The lowest BCUT2D eigenvalue weighted by Gasteiger charge is -2.34. The molecule has 2 aromatic rings. The fraction of sp³-hybridized carbons (Fsp3) is 0.407. The molecule has 0 radical (unpaired) electrons. The smallest absolute Gasteiger partial charge is 0.269 e. The van der Waals surface area contributed by atoms with Crippen LogP contribution >= 0.6 is 0 Å². The number of rotatable bonds is 6. The van der Waals surface area contributed by atoms with Gasteiger partial charge in [-0.2, -0.15) is 0 Å². The van der Waals surface area contributed by atoms with Gasteiger partial charge in [0.2, 0.25) is 5.91 Å². The average molecular weight is 477 g/mol. The van der Waals surface area contributed by atoms with Crippen molar-refractivity contribution >= 4 is 35.0 Å². The van der Waals surface area contributed by atoms with E-state index < -0.39 is 4.92 Å². The first-order valence-corrected chi connectivity index (χ1v) is 12.3. The summed E-state index contributed by atoms with van der Waals surface area (Å²) in [7, 11) is 0. The molecule has 0 unspecified atom stereocenters. The Morgan fingerprint density at radius 1 is 1.00 bits per heavy atom. The zero-order chi connectivity index (χ0) is 24.8. The minimum atomic E-state index is -0.461. The van der Waals surface area contributed by atoms with Crippen LogP contribution < -0.4 is 10.2 Å². The summed E-state index contributed by atoms with van der Waals surface area (Å²) in [5, 5.41) is 13.6. The van der Waals surface area contributed by atoms with E-state index >= 15 is 0 Å². The lowest BCUT2D eigenvalue weighted by atomic mass is 9.98. The van der Waals surface area contributed by atoms with Crippen LogP contribution in [0.4, 0.5) is 17.1 Å². The largest absolute Gasteiger partial charge is 0.371 e. The summed E-state index contributed by atoms with van der Waals surface area (Å²) in [5.41, 5.74) is 2.83. The first kappa shape index (κ1) is 24.4. The van der Waals surface area contributed by atoms with Gasteiger partial charge in [0.15, 0.2) is 0 Å². The molecule has 2 saturated heterocycles. The zero-order valence-corrected chi connectivity index (χ0v) is 20.1. The fourth-order valence-corrected chi connectivity index (χ4v) is 4.64. The van der Waals surface area contributed by atoms with Crippen LogP contribution in [0.1, 0.15) is 54.9 Å². The Balaban J connectivity index is 1.51. The van der Waals surface area contributed by atoms with Crippen molar-refractivity contribution in [3.63, 3.8) is 0 Å². The van der Waals surface area contributed by atoms with Crippen molar-refractivity contribution in [2.75, 3.05) is 36.4 Å². The number of nitro benzene ring substituents is 1. The highest BCUT2D eigenvalue weighted by molar-refractivity contribution is 6.05. The summed E-state index contributed by atoms with van der Waals surface area (Å²) in [6, 6.07) is 11.6.